The second-order valence-electron chi connectivity index (χ2n) is 3.66. The quantitative estimate of drug-likeness (QED) is 0.855. The molecule has 2 aromatic rings. The van der Waals surface area contributed by atoms with Gasteiger partial charge in [0.25, 0.3) is 0 Å². The lowest BCUT2D eigenvalue weighted by atomic mass is 10.0. The Morgan fingerprint density at radius 3 is 2.81 bits per heavy atom. The maximum atomic E-state index is 10.3. The van der Waals surface area contributed by atoms with Crippen LogP contribution in [0.3, 0.4) is 0 Å². The summed E-state index contributed by atoms with van der Waals surface area (Å²) in [5.41, 5.74) is 2.75. The van der Waals surface area contributed by atoms with Gasteiger partial charge in [-0.2, -0.15) is 0 Å². The van der Waals surface area contributed by atoms with Crippen LogP contribution in [0.4, 0.5) is 0 Å². The first-order valence-electron chi connectivity index (χ1n) is 4.89. The third kappa shape index (κ3) is 1.97. The van der Waals surface area contributed by atoms with Crippen LogP contribution < -0.4 is 0 Å². The van der Waals surface area contributed by atoms with Gasteiger partial charge >= 0.3 is 0 Å². The van der Waals surface area contributed by atoms with Crippen LogP contribution in [0.1, 0.15) is 22.9 Å². The Balaban J connectivity index is 2.46. The summed E-state index contributed by atoms with van der Waals surface area (Å²) in [5, 5.41) is 17.9. The van der Waals surface area contributed by atoms with Gasteiger partial charge in [0.05, 0.1) is 11.9 Å². The molecular formula is C11H12IN3O. The standard InChI is InChI=1S/C11H12IN3O/c1-7-4-3-5-8(10(7)12)11(16)9-6-13-14-15(9)2/h3-6,11,16H,1-2H3. The molecule has 1 atom stereocenters. The van der Waals surface area contributed by atoms with Crippen molar-refractivity contribution in [1.82, 2.24) is 15.0 Å². The van der Waals surface area contributed by atoms with Gasteiger partial charge in [-0.3, -0.25) is 0 Å². The minimum Gasteiger partial charge on any atom is -0.382 e. The molecule has 0 aliphatic carbocycles. The minimum atomic E-state index is -0.674. The maximum absolute atomic E-state index is 10.3. The van der Waals surface area contributed by atoms with Gasteiger partial charge in [0.15, 0.2) is 0 Å². The lowest BCUT2D eigenvalue weighted by Gasteiger charge is -2.13. The van der Waals surface area contributed by atoms with E-state index in [1.807, 2.05) is 25.1 Å². The van der Waals surface area contributed by atoms with E-state index >= 15 is 0 Å². The summed E-state index contributed by atoms with van der Waals surface area (Å²) in [5.74, 6) is 0. The normalized spacial score (nSPS) is 12.8. The van der Waals surface area contributed by atoms with Crippen LogP contribution in [-0.4, -0.2) is 20.1 Å². The van der Waals surface area contributed by atoms with Crippen molar-refractivity contribution in [2.75, 3.05) is 0 Å². The third-order valence-electron chi connectivity index (χ3n) is 2.55. The second kappa shape index (κ2) is 4.50. The highest BCUT2D eigenvalue weighted by Crippen LogP contribution is 2.27. The van der Waals surface area contributed by atoms with E-state index < -0.39 is 6.10 Å². The molecule has 1 heterocycles. The molecule has 1 aromatic heterocycles. The average molecular weight is 329 g/mol. The lowest BCUT2D eigenvalue weighted by molar-refractivity contribution is 0.209. The van der Waals surface area contributed by atoms with E-state index in [-0.39, 0.29) is 0 Å². The predicted octanol–water partition coefficient (Wildman–Crippen LogP) is 1.81. The van der Waals surface area contributed by atoms with Crippen molar-refractivity contribution in [2.24, 2.45) is 7.05 Å². The molecule has 5 heteroatoms. The molecule has 0 saturated heterocycles. The van der Waals surface area contributed by atoms with Crippen molar-refractivity contribution in [2.45, 2.75) is 13.0 Å². The number of hydrogen-bond acceptors (Lipinski definition) is 3. The van der Waals surface area contributed by atoms with Gasteiger partial charge in [0.2, 0.25) is 0 Å². The predicted molar refractivity (Wildman–Crippen MR) is 69.0 cm³/mol. The lowest BCUT2D eigenvalue weighted by Crippen LogP contribution is -2.08. The molecule has 0 saturated carbocycles. The molecule has 0 aliphatic heterocycles. The van der Waals surface area contributed by atoms with E-state index in [2.05, 4.69) is 32.9 Å². The number of aliphatic hydroxyl groups is 1. The Kier molecular flexibility index (Phi) is 3.25. The summed E-state index contributed by atoms with van der Waals surface area (Å²) in [6.07, 6.45) is 0.912. The van der Waals surface area contributed by atoms with Gasteiger partial charge in [-0.1, -0.05) is 23.4 Å². The minimum absolute atomic E-state index is 0.674. The van der Waals surface area contributed by atoms with Crippen LogP contribution in [0.5, 0.6) is 0 Å². The largest absolute Gasteiger partial charge is 0.382 e. The smallest absolute Gasteiger partial charge is 0.123 e. The van der Waals surface area contributed by atoms with Crippen LogP contribution in [0.25, 0.3) is 0 Å². The molecular weight excluding hydrogens is 317 g/mol. The fourth-order valence-electron chi connectivity index (χ4n) is 1.59. The second-order valence-corrected chi connectivity index (χ2v) is 4.74. The van der Waals surface area contributed by atoms with Gasteiger partial charge in [-0.15, -0.1) is 5.10 Å². The molecule has 1 N–H and O–H groups in total. The van der Waals surface area contributed by atoms with E-state index in [1.54, 1.807) is 17.9 Å². The van der Waals surface area contributed by atoms with Crippen LogP contribution in [-0.2, 0) is 7.05 Å². The number of halogens is 1. The molecule has 4 nitrogen and oxygen atoms in total. The molecule has 0 radical (unpaired) electrons. The topological polar surface area (TPSA) is 50.9 Å². The van der Waals surface area contributed by atoms with Gasteiger partial charge in [0, 0.05) is 16.2 Å². The first-order valence-corrected chi connectivity index (χ1v) is 5.96. The van der Waals surface area contributed by atoms with Crippen molar-refractivity contribution in [1.29, 1.82) is 0 Å². The zero-order valence-corrected chi connectivity index (χ0v) is 11.2. The Morgan fingerprint density at radius 2 is 2.19 bits per heavy atom. The average Bonchev–Trinajstić information content (AvgIpc) is 2.68. The van der Waals surface area contributed by atoms with Crippen LogP contribution in [0, 0.1) is 10.5 Å². The fourth-order valence-corrected chi connectivity index (χ4v) is 2.24. The van der Waals surface area contributed by atoms with Crippen molar-refractivity contribution in [3.63, 3.8) is 0 Å². The molecule has 84 valence electrons. The number of nitrogens with zero attached hydrogens (tertiary/aromatic N) is 3. The van der Waals surface area contributed by atoms with Gasteiger partial charge in [-0.25, -0.2) is 4.68 Å². The summed E-state index contributed by atoms with van der Waals surface area (Å²) >= 11 is 2.25. The van der Waals surface area contributed by atoms with E-state index in [0.717, 1.165) is 14.7 Å². The summed E-state index contributed by atoms with van der Waals surface area (Å²) in [4.78, 5) is 0. The Labute approximate surface area is 107 Å². The maximum Gasteiger partial charge on any atom is 0.123 e. The fraction of sp³-hybridized carbons (Fsp3) is 0.273. The van der Waals surface area contributed by atoms with Crippen molar-refractivity contribution >= 4 is 22.6 Å². The van der Waals surface area contributed by atoms with Crippen LogP contribution in [0.2, 0.25) is 0 Å². The summed E-state index contributed by atoms with van der Waals surface area (Å²) < 4.78 is 2.66. The molecule has 1 aromatic carbocycles. The third-order valence-corrected chi connectivity index (χ3v) is 4.02. The molecule has 0 spiro atoms. The number of aromatic nitrogens is 3. The van der Waals surface area contributed by atoms with Crippen molar-refractivity contribution in [3.8, 4) is 0 Å². The number of benzene rings is 1. The molecule has 0 amide bonds. The molecule has 16 heavy (non-hydrogen) atoms. The summed E-state index contributed by atoms with van der Waals surface area (Å²) in [6, 6.07) is 5.89. The monoisotopic (exact) mass is 329 g/mol. The zero-order chi connectivity index (χ0) is 11.7. The Hall–Kier alpha value is -0.950. The van der Waals surface area contributed by atoms with E-state index in [0.29, 0.717) is 5.69 Å². The number of rotatable bonds is 2. The zero-order valence-electron chi connectivity index (χ0n) is 9.05. The number of aryl methyl sites for hydroxylation is 2. The number of aliphatic hydroxyl groups excluding tert-OH is 1. The molecule has 0 fully saturated rings. The highest BCUT2D eigenvalue weighted by Gasteiger charge is 2.17. The highest BCUT2D eigenvalue weighted by atomic mass is 127. The van der Waals surface area contributed by atoms with E-state index in [1.165, 1.54) is 0 Å². The van der Waals surface area contributed by atoms with Crippen LogP contribution >= 0.6 is 22.6 Å². The molecule has 1 unspecified atom stereocenters. The van der Waals surface area contributed by atoms with Gasteiger partial charge < -0.3 is 5.11 Å². The molecule has 2 rings (SSSR count). The summed E-state index contributed by atoms with van der Waals surface area (Å²) in [7, 11) is 1.77. The Bertz CT molecular complexity index is 510. The van der Waals surface area contributed by atoms with Gasteiger partial charge in [0.1, 0.15) is 6.10 Å². The van der Waals surface area contributed by atoms with Gasteiger partial charge in [-0.05, 0) is 35.1 Å². The van der Waals surface area contributed by atoms with E-state index in [9.17, 15) is 5.11 Å². The van der Waals surface area contributed by atoms with E-state index in [4.69, 9.17) is 0 Å². The Morgan fingerprint density at radius 1 is 1.44 bits per heavy atom. The first kappa shape index (κ1) is 11.5. The SMILES string of the molecule is Cc1cccc(C(O)c2cnnn2C)c1I. The molecule has 0 bridgehead atoms. The van der Waals surface area contributed by atoms with Crippen molar-refractivity contribution in [3.05, 3.63) is 44.8 Å². The molecule has 0 aliphatic rings. The van der Waals surface area contributed by atoms with Crippen molar-refractivity contribution < 1.29 is 5.11 Å². The highest BCUT2D eigenvalue weighted by molar-refractivity contribution is 14.1. The first-order chi connectivity index (χ1) is 7.61. The number of hydrogen-bond donors (Lipinski definition) is 1. The summed E-state index contributed by atoms with van der Waals surface area (Å²) in [6.45, 7) is 2.03. The van der Waals surface area contributed by atoms with Crippen LogP contribution in [0.15, 0.2) is 24.4 Å².